The number of pyridine rings is 1. The number of fused-ring (bicyclic) bond motifs is 4. The van der Waals surface area contributed by atoms with Crippen LogP contribution < -0.4 is 0 Å². The molecule has 4 aromatic rings. The summed E-state index contributed by atoms with van der Waals surface area (Å²) in [7, 11) is 1.96. The number of hydrogen-bond donors (Lipinski definition) is 0. The molecule has 1 aliphatic heterocycles. The van der Waals surface area contributed by atoms with E-state index in [4.69, 9.17) is 4.98 Å². The summed E-state index contributed by atoms with van der Waals surface area (Å²) >= 11 is 0. The minimum Gasteiger partial charge on any atom is -0.331 e. The summed E-state index contributed by atoms with van der Waals surface area (Å²) in [6.45, 7) is 1.88. The molecule has 1 aromatic carbocycles. The van der Waals surface area contributed by atoms with Gasteiger partial charge in [0.25, 0.3) is 0 Å². The molecule has 5 nitrogen and oxygen atoms in total. The Morgan fingerprint density at radius 1 is 1.17 bits per heavy atom. The van der Waals surface area contributed by atoms with Gasteiger partial charge in [0.2, 0.25) is 0 Å². The molecule has 154 valence electrons. The van der Waals surface area contributed by atoms with Gasteiger partial charge in [-0.1, -0.05) is 6.08 Å². The first-order chi connectivity index (χ1) is 14.3. The lowest BCUT2D eigenvalue weighted by Crippen LogP contribution is -2.21. The number of nitrogens with zero attached hydrogens (tertiary/aromatic N) is 5. The average molecular weight is 411 g/mol. The fourth-order valence-corrected chi connectivity index (χ4v) is 4.18. The second-order valence-corrected chi connectivity index (χ2v) is 7.76. The third-order valence-electron chi connectivity index (χ3n) is 5.78. The first-order valence-electron chi connectivity index (χ1n) is 9.88. The first kappa shape index (κ1) is 18.8. The zero-order valence-corrected chi connectivity index (χ0v) is 16.6. The predicted molar refractivity (Wildman–Crippen MR) is 109 cm³/mol. The number of aryl methyl sites for hydroxylation is 3. The summed E-state index contributed by atoms with van der Waals surface area (Å²) in [6, 6.07) is 9.33. The zero-order valence-electron chi connectivity index (χ0n) is 16.6. The second-order valence-electron chi connectivity index (χ2n) is 7.76. The lowest BCUT2D eigenvalue weighted by Gasteiger charge is -2.22. The average Bonchev–Trinajstić information content (AvgIpc) is 3.28. The monoisotopic (exact) mass is 411 g/mol. The third kappa shape index (κ3) is 2.98. The Balaban J connectivity index is 1.46. The van der Waals surface area contributed by atoms with Crippen molar-refractivity contribution in [1.82, 2.24) is 24.3 Å². The van der Waals surface area contributed by atoms with Gasteiger partial charge in [-0.3, -0.25) is 9.67 Å². The van der Waals surface area contributed by atoms with Crippen molar-refractivity contribution < 1.29 is 13.2 Å². The molecule has 0 radical (unpaired) electrons. The molecule has 5 rings (SSSR count). The van der Waals surface area contributed by atoms with Crippen LogP contribution in [0, 0.1) is 0 Å². The van der Waals surface area contributed by atoms with E-state index in [9.17, 15) is 13.2 Å². The highest BCUT2D eigenvalue weighted by Crippen LogP contribution is 2.39. The summed E-state index contributed by atoms with van der Waals surface area (Å²) < 4.78 is 43.7. The molecule has 0 aliphatic carbocycles. The van der Waals surface area contributed by atoms with E-state index in [1.54, 1.807) is 12.3 Å². The van der Waals surface area contributed by atoms with E-state index < -0.39 is 11.7 Å². The largest absolute Gasteiger partial charge is 0.418 e. The van der Waals surface area contributed by atoms with Crippen molar-refractivity contribution in [3.05, 3.63) is 59.8 Å². The number of rotatable bonds is 3. The number of imidazole rings is 1. The van der Waals surface area contributed by atoms with Crippen LogP contribution in [0.2, 0.25) is 0 Å². The zero-order chi connectivity index (χ0) is 21.0. The molecular formula is C22H20F3N5. The van der Waals surface area contributed by atoms with Crippen LogP contribution in [0.15, 0.2) is 42.6 Å². The molecule has 0 saturated heterocycles. The number of alkyl halides is 3. The van der Waals surface area contributed by atoms with E-state index in [2.05, 4.69) is 10.1 Å². The number of halogens is 3. The Morgan fingerprint density at radius 3 is 2.80 bits per heavy atom. The minimum atomic E-state index is -4.37. The molecular weight excluding hydrogens is 391 g/mol. The normalized spacial score (nSPS) is 16.8. The van der Waals surface area contributed by atoms with Crippen LogP contribution in [-0.4, -0.2) is 30.5 Å². The van der Waals surface area contributed by atoms with Crippen LogP contribution in [0.5, 0.6) is 0 Å². The highest BCUT2D eigenvalue weighted by Gasteiger charge is 2.39. The van der Waals surface area contributed by atoms with Crippen molar-refractivity contribution in [1.29, 1.82) is 0 Å². The number of hydrogen-bond acceptors (Lipinski definition) is 3. The van der Waals surface area contributed by atoms with Gasteiger partial charge < -0.3 is 4.57 Å². The standard InChI is InChI=1S/C22H20F3N5/c1-13-5-7-16(22(23,24)25)19-12-14(28-30(13)19)6-10-20-27-21-15-4-3-11-26-17(15)8-9-18(21)29(20)2/h3-4,7-9,11-13H,5-6,10H2,1-2H3. The van der Waals surface area contributed by atoms with E-state index in [-0.39, 0.29) is 11.7 Å². The van der Waals surface area contributed by atoms with Crippen LogP contribution in [0.1, 0.15) is 36.6 Å². The van der Waals surface area contributed by atoms with E-state index in [1.807, 2.05) is 42.8 Å². The Kier molecular flexibility index (Phi) is 4.20. The van der Waals surface area contributed by atoms with Gasteiger partial charge in [-0.2, -0.15) is 18.3 Å². The summed E-state index contributed by atoms with van der Waals surface area (Å²) in [6.07, 6.45) is 0.0871. The first-order valence-corrected chi connectivity index (χ1v) is 9.88. The highest BCUT2D eigenvalue weighted by molar-refractivity contribution is 6.02. The van der Waals surface area contributed by atoms with Crippen molar-refractivity contribution in [3.8, 4) is 0 Å². The summed E-state index contributed by atoms with van der Waals surface area (Å²) in [5.74, 6) is 0.868. The number of allylic oxidation sites excluding steroid dienone is 2. The predicted octanol–water partition coefficient (Wildman–Crippen LogP) is 5.01. The third-order valence-corrected chi connectivity index (χ3v) is 5.78. The van der Waals surface area contributed by atoms with Gasteiger partial charge in [-0.05, 0) is 50.1 Å². The van der Waals surface area contributed by atoms with Crippen molar-refractivity contribution in [2.75, 3.05) is 0 Å². The topological polar surface area (TPSA) is 48.5 Å². The fourth-order valence-electron chi connectivity index (χ4n) is 4.18. The fraction of sp³-hybridized carbons (Fsp3) is 0.318. The molecule has 0 saturated carbocycles. The van der Waals surface area contributed by atoms with Crippen molar-refractivity contribution in [2.45, 2.75) is 38.4 Å². The molecule has 0 N–H and O–H groups in total. The Bertz CT molecular complexity index is 1300. The molecule has 1 unspecified atom stereocenters. The van der Waals surface area contributed by atoms with Gasteiger partial charge >= 0.3 is 6.18 Å². The van der Waals surface area contributed by atoms with E-state index in [0.29, 0.717) is 25.0 Å². The van der Waals surface area contributed by atoms with Crippen LogP contribution in [0.4, 0.5) is 13.2 Å². The molecule has 0 bridgehead atoms. The lowest BCUT2D eigenvalue weighted by atomic mass is 10.0. The molecule has 0 amide bonds. The molecule has 3 aromatic heterocycles. The maximum atomic E-state index is 13.4. The molecule has 0 fully saturated rings. The molecule has 4 heterocycles. The van der Waals surface area contributed by atoms with Gasteiger partial charge in [0.1, 0.15) is 5.82 Å². The molecule has 1 atom stereocenters. The Hall–Kier alpha value is -3.16. The van der Waals surface area contributed by atoms with Gasteiger partial charge in [-0.15, -0.1) is 0 Å². The number of benzene rings is 1. The molecule has 8 heteroatoms. The van der Waals surface area contributed by atoms with Crippen molar-refractivity contribution >= 4 is 27.5 Å². The smallest absolute Gasteiger partial charge is 0.331 e. The molecule has 0 spiro atoms. The lowest BCUT2D eigenvalue weighted by molar-refractivity contribution is -0.0700. The van der Waals surface area contributed by atoms with Gasteiger partial charge in [0.05, 0.1) is 39.6 Å². The van der Waals surface area contributed by atoms with E-state index in [0.717, 1.165) is 27.8 Å². The van der Waals surface area contributed by atoms with Gasteiger partial charge in [-0.25, -0.2) is 4.98 Å². The van der Waals surface area contributed by atoms with E-state index in [1.165, 1.54) is 10.8 Å². The van der Waals surface area contributed by atoms with E-state index >= 15 is 0 Å². The Labute approximate surface area is 170 Å². The SMILES string of the molecule is CC1CC=C(C(F)(F)F)c2cc(CCc3nc4c5cccnc5ccc4n3C)nn21. The number of aromatic nitrogens is 5. The van der Waals surface area contributed by atoms with Crippen LogP contribution >= 0.6 is 0 Å². The molecule has 30 heavy (non-hydrogen) atoms. The quantitative estimate of drug-likeness (QED) is 0.476. The summed E-state index contributed by atoms with van der Waals surface area (Å²) in [5.41, 5.74) is 2.98. The maximum Gasteiger partial charge on any atom is 0.418 e. The van der Waals surface area contributed by atoms with Crippen LogP contribution in [0.3, 0.4) is 0 Å². The van der Waals surface area contributed by atoms with Crippen LogP contribution in [-0.2, 0) is 19.9 Å². The van der Waals surface area contributed by atoms with Crippen molar-refractivity contribution in [2.24, 2.45) is 7.05 Å². The van der Waals surface area contributed by atoms with Gasteiger partial charge in [0.15, 0.2) is 0 Å². The second kappa shape index (κ2) is 6.68. The van der Waals surface area contributed by atoms with Gasteiger partial charge in [0, 0.05) is 25.1 Å². The minimum absolute atomic E-state index is 0.0885. The summed E-state index contributed by atoms with van der Waals surface area (Å²) in [5, 5.41) is 5.46. The molecule has 1 aliphatic rings. The Morgan fingerprint density at radius 2 is 2.00 bits per heavy atom. The van der Waals surface area contributed by atoms with Crippen LogP contribution in [0.25, 0.3) is 27.5 Å². The maximum absolute atomic E-state index is 13.4. The summed E-state index contributed by atoms with van der Waals surface area (Å²) in [4.78, 5) is 9.18. The van der Waals surface area contributed by atoms with Crippen molar-refractivity contribution in [3.63, 3.8) is 0 Å². The highest BCUT2D eigenvalue weighted by atomic mass is 19.4.